The minimum atomic E-state index is -3.42. The number of ether oxygens (including phenoxy) is 1. The van der Waals surface area contributed by atoms with Crippen molar-refractivity contribution >= 4 is 44.2 Å². The van der Waals surface area contributed by atoms with Gasteiger partial charge in [0.05, 0.1) is 17.0 Å². The van der Waals surface area contributed by atoms with Crippen molar-refractivity contribution in [1.82, 2.24) is 4.90 Å². The Hall–Kier alpha value is -3.12. The largest absolute Gasteiger partial charge is 0.457 e. The van der Waals surface area contributed by atoms with Gasteiger partial charge in [-0.15, -0.1) is 11.3 Å². The molecule has 3 rings (SSSR count). The third-order valence-corrected chi connectivity index (χ3v) is 6.91. The van der Waals surface area contributed by atoms with E-state index in [1.165, 1.54) is 23.1 Å². The Morgan fingerprint density at radius 2 is 1.97 bits per heavy atom. The molecular weight excluding hydrogens is 444 g/mol. The van der Waals surface area contributed by atoms with Crippen LogP contribution >= 0.6 is 11.3 Å². The molecule has 1 atom stereocenters. The van der Waals surface area contributed by atoms with E-state index in [9.17, 15) is 22.8 Å². The zero-order valence-corrected chi connectivity index (χ0v) is 18.3. The lowest BCUT2D eigenvalue weighted by Crippen LogP contribution is -2.46. The van der Waals surface area contributed by atoms with Gasteiger partial charge in [-0.25, -0.2) is 22.8 Å². The van der Waals surface area contributed by atoms with E-state index in [1.54, 1.807) is 12.1 Å². The molecule has 1 aliphatic rings. The summed E-state index contributed by atoms with van der Waals surface area (Å²) in [6.45, 7) is 0.685. The molecular formula is C19H22N4O6S2. The van der Waals surface area contributed by atoms with E-state index in [0.717, 1.165) is 17.6 Å². The van der Waals surface area contributed by atoms with E-state index in [2.05, 4.69) is 5.32 Å². The summed E-state index contributed by atoms with van der Waals surface area (Å²) in [7, 11) is -3.42. The number of hydrogen-bond acceptors (Lipinski definition) is 7. The smallest absolute Gasteiger partial charge is 0.341 e. The summed E-state index contributed by atoms with van der Waals surface area (Å²) in [5, 5.41) is 2.59. The Labute approximate surface area is 183 Å². The third kappa shape index (κ3) is 5.52. The fourth-order valence-electron chi connectivity index (χ4n) is 3.22. The summed E-state index contributed by atoms with van der Waals surface area (Å²) >= 11 is 1.06. The first-order valence-corrected chi connectivity index (χ1v) is 12.0. The zero-order valence-electron chi connectivity index (χ0n) is 16.7. The number of amides is 4. The molecule has 5 N–H and O–H groups in total. The summed E-state index contributed by atoms with van der Waals surface area (Å²) in [5.74, 6) is -0.693. The maximum atomic E-state index is 12.8. The lowest BCUT2D eigenvalue weighted by atomic mass is 10.1. The van der Waals surface area contributed by atoms with Gasteiger partial charge in [-0.05, 0) is 36.6 Å². The van der Waals surface area contributed by atoms with Gasteiger partial charge in [-0.2, -0.15) is 0 Å². The number of benzene rings is 1. The van der Waals surface area contributed by atoms with Crippen LogP contribution < -0.4 is 16.8 Å². The molecule has 31 heavy (non-hydrogen) atoms. The molecule has 166 valence electrons. The number of rotatable bonds is 5. The Morgan fingerprint density at radius 1 is 1.23 bits per heavy atom. The monoisotopic (exact) mass is 466 g/mol. The fourth-order valence-corrected chi connectivity index (χ4v) is 4.93. The first kappa shape index (κ1) is 22.6. The first-order chi connectivity index (χ1) is 14.5. The summed E-state index contributed by atoms with van der Waals surface area (Å²) in [4.78, 5) is 37.7. The van der Waals surface area contributed by atoms with E-state index < -0.39 is 34.0 Å². The van der Waals surface area contributed by atoms with Gasteiger partial charge in [-0.1, -0.05) is 12.1 Å². The highest BCUT2D eigenvalue weighted by molar-refractivity contribution is 7.90. The highest BCUT2D eigenvalue weighted by Crippen LogP contribution is 2.37. The molecule has 1 fully saturated rings. The first-order valence-electron chi connectivity index (χ1n) is 9.30. The minimum absolute atomic E-state index is 0.0831. The second kappa shape index (κ2) is 8.94. The van der Waals surface area contributed by atoms with Crippen molar-refractivity contribution in [2.75, 3.05) is 24.7 Å². The lowest BCUT2D eigenvalue weighted by Gasteiger charge is -2.31. The van der Waals surface area contributed by atoms with Crippen molar-refractivity contribution in [2.45, 2.75) is 23.8 Å². The van der Waals surface area contributed by atoms with Crippen LogP contribution in [-0.4, -0.2) is 56.8 Å². The predicted octanol–water partition coefficient (Wildman–Crippen LogP) is 2.01. The van der Waals surface area contributed by atoms with Crippen LogP contribution in [0.15, 0.2) is 35.2 Å². The number of urea groups is 2. The number of piperidine rings is 1. The Bertz CT molecular complexity index is 1130. The normalized spacial score (nSPS) is 16.5. The molecule has 4 amide bonds. The van der Waals surface area contributed by atoms with Crippen LogP contribution in [0, 0.1) is 0 Å². The number of esters is 1. The van der Waals surface area contributed by atoms with Crippen molar-refractivity contribution in [3.8, 4) is 10.4 Å². The summed E-state index contributed by atoms with van der Waals surface area (Å²) < 4.78 is 29.3. The van der Waals surface area contributed by atoms with E-state index in [4.69, 9.17) is 16.2 Å². The van der Waals surface area contributed by atoms with Gasteiger partial charge >= 0.3 is 18.0 Å². The molecule has 1 unspecified atom stereocenters. The molecule has 10 nitrogen and oxygen atoms in total. The van der Waals surface area contributed by atoms with Crippen LogP contribution in [0.1, 0.15) is 23.2 Å². The van der Waals surface area contributed by atoms with Crippen molar-refractivity contribution in [2.24, 2.45) is 11.5 Å². The number of nitrogens with one attached hydrogen (secondary N) is 1. The highest BCUT2D eigenvalue weighted by Gasteiger charge is 2.27. The molecule has 0 bridgehead atoms. The van der Waals surface area contributed by atoms with Gasteiger partial charge < -0.3 is 21.1 Å². The van der Waals surface area contributed by atoms with Gasteiger partial charge in [0.2, 0.25) is 0 Å². The molecule has 1 saturated heterocycles. The number of nitrogens with zero attached hydrogens (tertiary/aromatic N) is 1. The molecule has 2 aromatic rings. The number of carbonyl (C=O) groups is 3. The Morgan fingerprint density at radius 3 is 2.61 bits per heavy atom. The molecule has 0 aliphatic carbocycles. The molecule has 12 heteroatoms. The second-order valence-electron chi connectivity index (χ2n) is 7.10. The number of nitrogens with two attached hydrogens (primary N) is 2. The van der Waals surface area contributed by atoms with Crippen LogP contribution in [-0.2, 0) is 14.6 Å². The van der Waals surface area contributed by atoms with Gasteiger partial charge in [0.1, 0.15) is 11.1 Å². The van der Waals surface area contributed by atoms with Gasteiger partial charge in [0.25, 0.3) is 0 Å². The van der Waals surface area contributed by atoms with Crippen molar-refractivity contribution in [1.29, 1.82) is 0 Å². The molecule has 0 spiro atoms. The summed E-state index contributed by atoms with van der Waals surface area (Å²) in [5.41, 5.74) is 11.2. The number of primary amides is 2. The maximum absolute atomic E-state index is 12.8. The molecule has 1 aliphatic heterocycles. The van der Waals surface area contributed by atoms with Gasteiger partial charge in [0.15, 0.2) is 9.84 Å². The Balaban J connectivity index is 1.89. The Kier molecular flexibility index (Phi) is 6.51. The van der Waals surface area contributed by atoms with Crippen LogP contribution in [0.4, 0.5) is 14.6 Å². The van der Waals surface area contributed by atoms with Crippen LogP contribution in [0.25, 0.3) is 10.4 Å². The SMILES string of the molecule is CS(=O)(=O)c1cccc(-c2cc(C(=O)OC3CCCN(C(N)=O)C3)c(NC(N)=O)s2)c1. The van der Waals surface area contributed by atoms with E-state index in [0.29, 0.717) is 29.8 Å². The molecule has 0 radical (unpaired) electrons. The summed E-state index contributed by atoms with van der Waals surface area (Å²) in [6.07, 6.45) is 1.78. The minimum Gasteiger partial charge on any atom is -0.457 e. The molecule has 1 aromatic carbocycles. The number of hydrogen-bond donors (Lipinski definition) is 3. The van der Waals surface area contributed by atoms with Gasteiger partial charge in [-0.3, -0.25) is 5.32 Å². The van der Waals surface area contributed by atoms with Crippen LogP contribution in [0.2, 0.25) is 0 Å². The second-order valence-corrected chi connectivity index (χ2v) is 10.2. The van der Waals surface area contributed by atoms with E-state index in [-0.39, 0.29) is 22.0 Å². The molecule has 2 heterocycles. The molecule has 1 aromatic heterocycles. The van der Waals surface area contributed by atoms with Crippen molar-refractivity contribution < 1.29 is 27.5 Å². The van der Waals surface area contributed by atoms with Crippen molar-refractivity contribution in [3.63, 3.8) is 0 Å². The third-order valence-electron chi connectivity index (χ3n) is 4.70. The van der Waals surface area contributed by atoms with Crippen LogP contribution in [0.3, 0.4) is 0 Å². The quantitative estimate of drug-likeness (QED) is 0.571. The maximum Gasteiger partial charge on any atom is 0.341 e. The van der Waals surface area contributed by atoms with Crippen LogP contribution in [0.5, 0.6) is 0 Å². The standard InChI is InChI=1S/C19H22N4O6S2/c1-31(27,28)13-6-2-4-11(8-13)15-9-14(16(30-15)22-18(20)25)17(24)29-12-5-3-7-23(10-12)19(21)26/h2,4,6,8-9,12H,3,5,7,10H2,1H3,(H2,21,26)(H3,20,22,25). The number of likely N-dealkylation sites (tertiary alicyclic amines) is 1. The topological polar surface area (TPSA) is 162 Å². The zero-order chi connectivity index (χ0) is 22.8. The number of sulfone groups is 1. The van der Waals surface area contributed by atoms with E-state index in [1.807, 2.05) is 0 Å². The highest BCUT2D eigenvalue weighted by atomic mass is 32.2. The molecule has 0 saturated carbocycles. The van der Waals surface area contributed by atoms with Crippen molar-refractivity contribution in [3.05, 3.63) is 35.9 Å². The lowest BCUT2D eigenvalue weighted by molar-refractivity contribution is 0.0129. The average Bonchev–Trinajstić information content (AvgIpc) is 3.11. The number of carbonyl (C=O) groups excluding carboxylic acids is 3. The fraction of sp³-hybridized carbons (Fsp3) is 0.316. The number of thiophene rings is 1. The predicted molar refractivity (Wildman–Crippen MR) is 116 cm³/mol. The summed E-state index contributed by atoms with van der Waals surface area (Å²) in [6, 6.07) is 6.30. The van der Waals surface area contributed by atoms with E-state index >= 15 is 0 Å². The van der Waals surface area contributed by atoms with Gasteiger partial charge in [0, 0.05) is 17.7 Å². The average molecular weight is 467 g/mol. The number of anilines is 1.